The molecule has 0 atom stereocenters. The normalized spacial score (nSPS) is 10.4. The molecule has 0 heterocycles. The topological polar surface area (TPSA) is 30.5 Å². The molecule has 0 aliphatic carbocycles. The van der Waals surface area contributed by atoms with Gasteiger partial charge >= 0.3 is 0 Å². The highest BCUT2D eigenvalue weighted by Crippen LogP contribution is 2.37. The van der Waals surface area contributed by atoms with Crippen LogP contribution in [-0.4, -0.2) is 13.2 Å². The van der Waals surface area contributed by atoms with E-state index < -0.39 is 0 Å². The molecule has 23 heavy (non-hydrogen) atoms. The van der Waals surface area contributed by atoms with Crippen LogP contribution in [0.3, 0.4) is 0 Å². The summed E-state index contributed by atoms with van der Waals surface area (Å²) >= 11 is 9.48. The quantitative estimate of drug-likeness (QED) is 0.600. The second-order valence-corrected chi connectivity index (χ2v) is 6.34. The van der Waals surface area contributed by atoms with Gasteiger partial charge in [-0.2, -0.15) is 0 Å². The fourth-order valence-electron chi connectivity index (χ4n) is 2.10. The fourth-order valence-corrected chi connectivity index (χ4v) is 2.83. The van der Waals surface area contributed by atoms with E-state index in [4.69, 9.17) is 21.1 Å². The van der Waals surface area contributed by atoms with Crippen molar-refractivity contribution in [2.75, 3.05) is 18.5 Å². The Morgan fingerprint density at radius 3 is 2.48 bits per heavy atom. The van der Waals surface area contributed by atoms with Gasteiger partial charge in [-0.25, -0.2) is 0 Å². The first-order valence-electron chi connectivity index (χ1n) is 7.71. The van der Waals surface area contributed by atoms with Gasteiger partial charge in [0.25, 0.3) is 0 Å². The van der Waals surface area contributed by atoms with Crippen LogP contribution >= 0.6 is 27.5 Å². The van der Waals surface area contributed by atoms with E-state index in [2.05, 4.69) is 34.2 Å². The lowest BCUT2D eigenvalue weighted by Crippen LogP contribution is -2.04. The van der Waals surface area contributed by atoms with Crippen LogP contribution in [0, 0.1) is 0 Å². The monoisotopic (exact) mass is 397 g/mol. The molecule has 1 N–H and O–H groups in total. The van der Waals surface area contributed by atoms with Crippen molar-refractivity contribution >= 4 is 33.2 Å². The van der Waals surface area contributed by atoms with E-state index in [9.17, 15) is 0 Å². The molecule has 2 aromatic rings. The highest BCUT2D eigenvalue weighted by Gasteiger charge is 2.12. The number of nitrogens with one attached hydrogen (secondary N) is 1. The summed E-state index contributed by atoms with van der Waals surface area (Å²) in [7, 11) is 0. The Labute approximate surface area is 151 Å². The lowest BCUT2D eigenvalue weighted by Gasteiger charge is -2.15. The van der Waals surface area contributed by atoms with Crippen molar-refractivity contribution in [2.24, 2.45) is 0 Å². The Morgan fingerprint density at radius 2 is 1.83 bits per heavy atom. The first-order valence-corrected chi connectivity index (χ1v) is 8.88. The van der Waals surface area contributed by atoms with Gasteiger partial charge in [0.2, 0.25) is 0 Å². The van der Waals surface area contributed by atoms with Crippen molar-refractivity contribution in [3.05, 3.63) is 51.5 Å². The molecular formula is C18H21BrClNO2. The predicted molar refractivity (Wildman–Crippen MR) is 99.9 cm³/mol. The van der Waals surface area contributed by atoms with Gasteiger partial charge in [-0.15, -0.1) is 0 Å². The maximum Gasteiger partial charge on any atom is 0.175 e. The van der Waals surface area contributed by atoms with Gasteiger partial charge in [0.15, 0.2) is 11.5 Å². The smallest absolute Gasteiger partial charge is 0.175 e. The van der Waals surface area contributed by atoms with Crippen LogP contribution in [-0.2, 0) is 6.54 Å². The van der Waals surface area contributed by atoms with Crippen molar-refractivity contribution < 1.29 is 9.47 Å². The maximum absolute atomic E-state index is 5.90. The molecule has 0 saturated heterocycles. The van der Waals surface area contributed by atoms with Crippen molar-refractivity contribution in [3.8, 4) is 11.5 Å². The van der Waals surface area contributed by atoms with Gasteiger partial charge in [0.05, 0.1) is 17.7 Å². The Hall–Kier alpha value is -1.39. The summed E-state index contributed by atoms with van der Waals surface area (Å²) in [5.74, 6) is 1.53. The zero-order valence-electron chi connectivity index (χ0n) is 13.4. The van der Waals surface area contributed by atoms with Gasteiger partial charge < -0.3 is 14.8 Å². The van der Waals surface area contributed by atoms with Gasteiger partial charge in [-0.3, -0.25) is 0 Å². The van der Waals surface area contributed by atoms with Crippen LogP contribution in [0.4, 0.5) is 5.69 Å². The minimum atomic E-state index is 0.600. The number of rotatable bonds is 8. The van der Waals surface area contributed by atoms with E-state index in [1.165, 1.54) is 0 Å². The number of halogens is 2. The molecule has 0 saturated carbocycles. The average molecular weight is 399 g/mol. The van der Waals surface area contributed by atoms with E-state index in [1.54, 1.807) is 0 Å². The van der Waals surface area contributed by atoms with Gasteiger partial charge in [-0.1, -0.05) is 18.5 Å². The van der Waals surface area contributed by atoms with Crippen LogP contribution in [0.5, 0.6) is 11.5 Å². The number of hydrogen-bond acceptors (Lipinski definition) is 3. The summed E-state index contributed by atoms with van der Waals surface area (Å²) in [6.07, 6.45) is 0.956. The van der Waals surface area contributed by atoms with Crippen molar-refractivity contribution in [2.45, 2.75) is 26.8 Å². The number of ether oxygens (including phenoxy) is 2. The Kier molecular flexibility index (Phi) is 7.06. The summed E-state index contributed by atoms with van der Waals surface area (Å²) in [6.45, 7) is 6.01. The third-order valence-electron chi connectivity index (χ3n) is 3.16. The molecule has 0 unspecified atom stereocenters. The first kappa shape index (κ1) is 18.0. The third kappa shape index (κ3) is 5.33. The molecule has 0 amide bonds. The zero-order valence-corrected chi connectivity index (χ0v) is 15.7. The number of benzene rings is 2. The standard InChI is InChI=1S/C18H21BrClNO2/c1-3-9-23-18-16(19)10-13(11-17(18)22-4-2)12-21-15-7-5-14(20)6-8-15/h5-8,10-11,21H,3-4,9,12H2,1-2H3. The summed E-state index contributed by atoms with van der Waals surface area (Å²) in [4.78, 5) is 0. The van der Waals surface area contributed by atoms with Crippen LogP contribution in [0.25, 0.3) is 0 Å². The summed E-state index contributed by atoms with van der Waals surface area (Å²) in [6, 6.07) is 11.7. The summed E-state index contributed by atoms with van der Waals surface area (Å²) in [5.41, 5.74) is 2.13. The maximum atomic E-state index is 5.90. The second-order valence-electron chi connectivity index (χ2n) is 5.05. The largest absolute Gasteiger partial charge is 0.490 e. The molecule has 0 bridgehead atoms. The number of hydrogen-bond donors (Lipinski definition) is 1. The molecule has 2 aromatic carbocycles. The van der Waals surface area contributed by atoms with Crippen LogP contribution in [0.15, 0.2) is 40.9 Å². The lowest BCUT2D eigenvalue weighted by atomic mass is 10.2. The van der Waals surface area contributed by atoms with Crippen molar-refractivity contribution in [1.82, 2.24) is 0 Å². The van der Waals surface area contributed by atoms with E-state index in [0.717, 1.165) is 38.7 Å². The first-order chi connectivity index (χ1) is 11.1. The van der Waals surface area contributed by atoms with Crippen LogP contribution in [0.1, 0.15) is 25.8 Å². The highest BCUT2D eigenvalue weighted by atomic mass is 79.9. The molecule has 2 rings (SSSR count). The van der Waals surface area contributed by atoms with Gasteiger partial charge in [-0.05, 0) is 71.2 Å². The van der Waals surface area contributed by atoms with Gasteiger partial charge in [0.1, 0.15) is 0 Å². The minimum absolute atomic E-state index is 0.600. The van der Waals surface area contributed by atoms with Crippen LogP contribution < -0.4 is 14.8 Å². The van der Waals surface area contributed by atoms with Gasteiger partial charge in [0, 0.05) is 17.3 Å². The molecule has 0 aliphatic heterocycles. The highest BCUT2D eigenvalue weighted by molar-refractivity contribution is 9.10. The van der Waals surface area contributed by atoms with E-state index in [1.807, 2.05) is 37.3 Å². The third-order valence-corrected chi connectivity index (χ3v) is 4.00. The zero-order chi connectivity index (χ0) is 16.7. The predicted octanol–water partition coefficient (Wildman–Crippen LogP) is 5.90. The summed E-state index contributed by atoms with van der Waals surface area (Å²) in [5, 5.41) is 4.10. The molecule has 3 nitrogen and oxygen atoms in total. The molecule has 0 fully saturated rings. The second kappa shape index (κ2) is 9.04. The molecular weight excluding hydrogens is 378 g/mol. The molecule has 0 aliphatic rings. The molecule has 0 spiro atoms. The molecule has 124 valence electrons. The molecule has 0 radical (unpaired) electrons. The van der Waals surface area contributed by atoms with Crippen LogP contribution in [0.2, 0.25) is 5.02 Å². The van der Waals surface area contributed by atoms with E-state index >= 15 is 0 Å². The van der Waals surface area contributed by atoms with Crippen molar-refractivity contribution in [1.29, 1.82) is 0 Å². The van der Waals surface area contributed by atoms with E-state index in [0.29, 0.717) is 19.8 Å². The fraction of sp³-hybridized carbons (Fsp3) is 0.333. The summed E-state index contributed by atoms with van der Waals surface area (Å²) < 4.78 is 12.4. The number of anilines is 1. The molecule has 0 aromatic heterocycles. The van der Waals surface area contributed by atoms with E-state index in [-0.39, 0.29) is 0 Å². The SMILES string of the molecule is CCCOc1c(Br)cc(CNc2ccc(Cl)cc2)cc1OCC. The Bertz CT molecular complexity index is 632. The average Bonchev–Trinajstić information content (AvgIpc) is 2.54. The Morgan fingerprint density at radius 1 is 1.09 bits per heavy atom. The lowest BCUT2D eigenvalue weighted by molar-refractivity contribution is 0.275. The minimum Gasteiger partial charge on any atom is -0.490 e. The Balaban J connectivity index is 2.13. The molecule has 5 heteroatoms. The van der Waals surface area contributed by atoms with Crippen molar-refractivity contribution in [3.63, 3.8) is 0 Å².